The van der Waals surface area contributed by atoms with Gasteiger partial charge in [0.15, 0.2) is 5.78 Å². The van der Waals surface area contributed by atoms with Gasteiger partial charge >= 0.3 is 0 Å². The van der Waals surface area contributed by atoms with Crippen molar-refractivity contribution in [2.45, 2.75) is 32.6 Å². The largest absolute Gasteiger partial charge is 0.294 e. The molecule has 1 aliphatic carbocycles. The molecule has 0 saturated carbocycles. The van der Waals surface area contributed by atoms with Gasteiger partial charge in [-0.1, -0.05) is 13.0 Å². The summed E-state index contributed by atoms with van der Waals surface area (Å²) in [6.45, 7) is 2.24. The van der Waals surface area contributed by atoms with E-state index in [9.17, 15) is 4.79 Å². The average molecular weight is 299 g/mol. The van der Waals surface area contributed by atoms with E-state index < -0.39 is 0 Å². The van der Waals surface area contributed by atoms with E-state index >= 15 is 0 Å². The number of carbonyl (C=O) groups excluding carboxylic acids is 1. The molecule has 1 unspecified atom stereocenters. The summed E-state index contributed by atoms with van der Waals surface area (Å²) in [6.07, 6.45) is 5.89. The third-order valence-electron chi connectivity index (χ3n) is 2.99. The summed E-state index contributed by atoms with van der Waals surface area (Å²) in [4.78, 5) is 13.2. The molecule has 0 spiro atoms. The van der Waals surface area contributed by atoms with E-state index in [1.54, 1.807) is 11.3 Å². The Morgan fingerprint density at radius 3 is 2.94 bits per heavy atom. The van der Waals surface area contributed by atoms with Crippen LogP contribution in [0.1, 0.15) is 31.1 Å². The Balaban J connectivity index is 1.98. The summed E-state index contributed by atoms with van der Waals surface area (Å²) < 4.78 is 1.10. The Kier molecular flexibility index (Phi) is 3.98. The van der Waals surface area contributed by atoms with Gasteiger partial charge in [0, 0.05) is 11.3 Å². The molecule has 1 heterocycles. The number of carbonyl (C=O) groups is 1. The first kappa shape index (κ1) is 12.1. The minimum atomic E-state index is 0.307. The molecular weight excluding hydrogens is 284 g/mol. The van der Waals surface area contributed by atoms with E-state index in [1.807, 2.05) is 12.1 Å². The molecule has 1 aliphatic rings. The van der Waals surface area contributed by atoms with Gasteiger partial charge in [0.05, 0.1) is 3.79 Å². The maximum atomic E-state index is 12.0. The number of halogens is 1. The monoisotopic (exact) mass is 298 g/mol. The zero-order valence-electron chi connectivity index (χ0n) is 9.33. The molecule has 0 bridgehead atoms. The van der Waals surface area contributed by atoms with E-state index in [-0.39, 0.29) is 0 Å². The van der Waals surface area contributed by atoms with Crippen molar-refractivity contribution in [2.24, 2.45) is 5.92 Å². The molecule has 0 fully saturated rings. The first-order valence-electron chi connectivity index (χ1n) is 5.61. The predicted octanol–water partition coefficient (Wildman–Crippen LogP) is 4.37. The fourth-order valence-electron chi connectivity index (χ4n) is 1.94. The zero-order valence-corrected chi connectivity index (χ0v) is 11.7. The van der Waals surface area contributed by atoms with Crippen molar-refractivity contribution in [3.05, 3.63) is 32.4 Å². The number of Topliss-reactive ketones (excluding diaryl/α,β-unsaturated/α-hetero) is 1. The van der Waals surface area contributed by atoms with E-state index in [0.29, 0.717) is 12.2 Å². The van der Waals surface area contributed by atoms with Crippen LogP contribution in [0.15, 0.2) is 27.6 Å². The SMILES string of the molecule is CC1CC=C(C(=O)Cc2ccc(Br)s2)CC1. The highest BCUT2D eigenvalue weighted by Crippen LogP contribution is 2.27. The van der Waals surface area contributed by atoms with Gasteiger partial charge in [0.2, 0.25) is 0 Å². The lowest BCUT2D eigenvalue weighted by atomic mass is 9.88. The van der Waals surface area contributed by atoms with Crippen molar-refractivity contribution in [3.63, 3.8) is 0 Å². The smallest absolute Gasteiger partial charge is 0.163 e. The van der Waals surface area contributed by atoms with Gasteiger partial charge in [-0.05, 0) is 58.8 Å². The molecule has 3 heteroatoms. The average Bonchev–Trinajstić information content (AvgIpc) is 2.65. The second-order valence-corrected chi connectivity index (χ2v) is 6.96. The lowest BCUT2D eigenvalue weighted by molar-refractivity contribution is -0.115. The number of thiophene rings is 1. The van der Waals surface area contributed by atoms with Crippen LogP contribution in [0.4, 0.5) is 0 Å². The maximum Gasteiger partial charge on any atom is 0.163 e. The van der Waals surface area contributed by atoms with E-state index in [1.165, 1.54) is 0 Å². The van der Waals surface area contributed by atoms with Crippen LogP contribution in [-0.2, 0) is 11.2 Å². The van der Waals surface area contributed by atoms with E-state index in [2.05, 4.69) is 28.9 Å². The maximum absolute atomic E-state index is 12.0. The molecule has 0 N–H and O–H groups in total. The molecule has 86 valence electrons. The van der Waals surface area contributed by atoms with Gasteiger partial charge < -0.3 is 0 Å². The Morgan fingerprint density at radius 2 is 2.38 bits per heavy atom. The van der Waals surface area contributed by atoms with Crippen LogP contribution in [0, 0.1) is 5.92 Å². The van der Waals surface area contributed by atoms with Gasteiger partial charge in [-0.2, -0.15) is 0 Å². The third kappa shape index (κ3) is 3.05. The first-order valence-corrected chi connectivity index (χ1v) is 7.22. The van der Waals surface area contributed by atoms with Crippen molar-refractivity contribution < 1.29 is 4.79 Å². The van der Waals surface area contributed by atoms with Crippen LogP contribution in [0.5, 0.6) is 0 Å². The predicted molar refractivity (Wildman–Crippen MR) is 71.8 cm³/mol. The lowest BCUT2D eigenvalue weighted by Gasteiger charge is -2.16. The van der Waals surface area contributed by atoms with E-state index in [4.69, 9.17) is 0 Å². The third-order valence-corrected chi connectivity index (χ3v) is 4.62. The quantitative estimate of drug-likeness (QED) is 0.810. The van der Waals surface area contributed by atoms with Crippen LogP contribution in [0.25, 0.3) is 0 Å². The highest BCUT2D eigenvalue weighted by Gasteiger charge is 2.16. The van der Waals surface area contributed by atoms with Crippen LogP contribution in [0.3, 0.4) is 0 Å². The Hall–Kier alpha value is -0.410. The Morgan fingerprint density at radius 1 is 1.56 bits per heavy atom. The second kappa shape index (κ2) is 5.28. The Labute approximate surface area is 109 Å². The van der Waals surface area contributed by atoms with Crippen molar-refractivity contribution in [2.75, 3.05) is 0 Å². The van der Waals surface area contributed by atoms with E-state index in [0.717, 1.165) is 39.4 Å². The van der Waals surface area contributed by atoms with Crippen molar-refractivity contribution in [1.82, 2.24) is 0 Å². The molecule has 1 aromatic rings. The fraction of sp³-hybridized carbons (Fsp3) is 0.462. The molecule has 0 aliphatic heterocycles. The molecule has 0 aromatic carbocycles. The first-order chi connectivity index (χ1) is 7.65. The fourth-order valence-corrected chi connectivity index (χ4v) is 3.42. The van der Waals surface area contributed by atoms with Crippen LogP contribution >= 0.6 is 27.3 Å². The Bertz CT molecular complexity index is 419. The summed E-state index contributed by atoms with van der Waals surface area (Å²) in [6, 6.07) is 4.03. The molecule has 0 amide bonds. The summed E-state index contributed by atoms with van der Waals surface area (Å²) in [7, 11) is 0. The highest BCUT2D eigenvalue weighted by molar-refractivity contribution is 9.11. The number of hydrogen-bond acceptors (Lipinski definition) is 2. The number of allylic oxidation sites excluding steroid dienone is 2. The molecule has 1 aromatic heterocycles. The van der Waals surface area contributed by atoms with Crippen molar-refractivity contribution >= 4 is 33.0 Å². The topological polar surface area (TPSA) is 17.1 Å². The minimum Gasteiger partial charge on any atom is -0.294 e. The zero-order chi connectivity index (χ0) is 11.5. The summed E-state index contributed by atoms with van der Waals surface area (Å²) in [5.41, 5.74) is 1.04. The number of hydrogen-bond donors (Lipinski definition) is 0. The van der Waals surface area contributed by atoms with Crippen LogP contribution in [0.2, 0.25) is 0 Å². The highest BCUT2D eigenvalue weighted by atomic mass is 79.9. The number of rotatable bonds is 3. The molecule has 1 atom stereocenters. The summed E-state index contributed by atoms with van der Waals surface area (Å²) in [5.74, 6) is 1.05. The summed E-state index contributed by atoms with van der Waals surface area (Å²) in [5, 5.41) is 0. The van der Waals surface area contributed by atoms with Crippen molar-refractivity contribution in [1.29, 1.82) is 0 Å². The van der Waals surface area contributed by atoms with Crippen LogP contribution in [-0.4, -0.2) is 5.78 Å². The molecular formula is C13H15BrOS. The summed E-state index contributed by atoms with van der Waals surface area (Å²) >= 11 is 5.07. The number of ketones is 1. The minimum absolute atomic E-state index is 0.307. The van der Waals surface area contributed by atoms with Crippen LogP contribution < -0.4 is 0 Å². The molecule has 1 nitrogen and oxygen atoms in total. The van der Waals surface area contributed by atoms with Gasteiger partial charge in [0.1, 0.15) is 0 Å². The van der Waals surface area contributed by atoms with Gasteiger partial charge in [-0.15, -0.1) is 11.3 Å². The van der Waals surface area contributed by atoms with Crippen molar-refractivity contribution in [3.8, 4) is 0 Å². The van der Waals surface area contributed by atoms with Gasteiger partial charge in [-0.25, -0.2) is 0 Å². The lowest BCUT2D eigenvalue weighted by Crippen LogP contribution is -2.11. The molecule has 0 radical (unpaired) electrons. The van der Waals surface area contributed by atoms with Gasteiger partial charge in [0.25, 0.3) is 0 Å². The molecule has 2 rings (SSSR count). The molecule has 16 heavy (non-hydrogen) atoms. The normalized spacial score (nSPS) is 20.6. The van der Waals surface area contributed by atoms with Gasteiger partial charge in [-0.3, -0.25) is 4.79 Å². The second-order valence-electron chi connectivity index (χ2n) is 4.41. The standard InChI is InChI=1S/C13H15BrOS/c1-9-2-4-10(5-3-9)12(15)8-11-6-7-13(14)16-11/h4,6-7,9H,2-3,5,8H2,1H3. The molecule has 0 saturated heterocycles.